The summed E-state index contributed by atoms with van der Waals surface area (Å²) in [4.78, 5) is 26.9. The number of benzene rings is 2. The van der Waals surface area contributed by atoms with Gasteiger partial charge in [0.1, 0.15) is 28.4 Å². The number of hydrogen-bond acceptors (Lipinski definition) is 8. The number of nitrogens with zero attached hydrogens (tertiary/aromatic N) is 1. The van der Waals surface area contributed by atoms with Gasteiger partial charge in [0.25, 0.3) is 0 Å². The quantitative estimate of drug-likeness (QED) is 0.610. The zero-order chi connectivity index (χ0) is 23.4. The van der Waals surface area contributed by atoms with E-state index in [1.807, 2.05) is 0 Å². The summed E-state index contributed by atoms with van der Waals surface area (Å²) in [6, 6.07) is 7.56. The number of sulfonamides is 1. The number of Topliss-reactive ketones (excluding diaryl/α,β-unsaturated/α-hetero) is 1. The average Bonchev–Trinajstić information content (AvgIpc) is 3.17. The maximum absolute atomic E-state index is 13.2. The van der Waals surface area contributed by atoms with Crippen LogP contribution in [0.15, 0.2) is 44.4 Å². The Morgan fingerprint density at radius 2 is 1.82 bits per heavy atom. The number of hydrogen-bond donors (Lipinski definition) is 1. The smallest absolute Gasteiger partial charge is 0.417 e. The molecule has 1 fully saturated rings. The Balaban J connectivity index is 1.39. The maximum Gasteiger partial charge on any atom is 0.417 e. The third kappa shape index (κ3) is 3.57. The van der Waals surface area contributed by atoms with Crippen molar-refractivity contribution in [3.63, 3.8) is 0 Å². The van der Waals surface area contributed by atoms with Gasteiger partial charge >= 0.3 is 5.76 Å². The first kappa shape index (κ1) is 21.5. The van der Waals surface area contributed by atoms with Crippen LogP contribution in [0.5, 0.6) is 17.2 Å². The number of methoxy groups -OCH3 is 2. The fourth-order valence-corrected chi connectivity index (χ4v) is 5.96. The summed E-state index contributed by atoms with van der Waals surface area (Å²) in [5.41, 5.74) is 0.177. The molecule has 1 saturated heterocycles. The molecule has 5 rings (SSSR count). The highest BCUT2D eigenvalue weighted by atomic mass is 32.2. The van der Waals surface area contributed by atoms with Gasteiger partial charge in [-0.3, -0.25) is 9.78 Å². The van der Waals surface area contributed by atoms with Gasteiger partial charge in [0.15, 0.2) is 11.4 Å². The third-order valence-corrected chi connectivity index (χ3v) is 8.14. The zero-order valence-electron chi connectivity index (χ0n) is 18.0. The third-order valence-electron chi connectivity index (χ3n) is 6.25. The zero-order valence-corrected chi connectivity index (χ0v) is 18.9. The van der Waals surface area contributed by atoms with E-state index in [0.717, 1.165) is 0 Å². The van der Waals surface area contributed by atoms with Gasteiger partial charge in [-0.25, -0.2) is 13.2 Å². The van der Waals surface area contributed by atoms with Crippen molar-refractivity contribution >= 4 is 26.9 Å². The molecular formula is C22H22N2O8S. The van der Waals surface area contributed by atoms with Crippen molar-refractivity contribution in [1.82, 2.24) is 9.29 Å². The van der Waals surface area contributed by atoms with Crippen LogP contribution in [-0.2, 0) is 10.0 Å². The molecule has 2 aliphatic heterocycles. The van der Waals surface area contributed by atoms with Gasteiger partial charge in [-0.2, -0.15) is 4.31 Å². The Labute approximate surface area is 189 Å². The average molecular weight is 474 g/mol. The molecule has 1 aromatic heterocycles. The lowest BCUT2D eigenvalue weighted by Crippen LogP contribution is -2.52. The van der Waals surface area contributed by atoms with Gasteiger partial charge < -0.3 is 18.6 Å². The summed E-state index contributed by atoms with van der Waals surface area (Å²) in [6.45, 7) is 0.363. The molecule has 0 saturated carbocycles. The Hall–Kier alpha value is -3.31. The molecule has 2 aromatic carbocycles. The minimum Gasteiger partial charge on any atom is -0.496 e. The normalized spacial score (nSPS) is 18.2. The maximum atomic E-state index is 13.2. The number of oxazole rings is 1. The van der Waals surface area contributed by atoms with Crippen molar-refractivity contribution in [2.45, 2.75) is 29.8 Å². The predicted octanol–water partition coefficient (Wildman–Crippen LogP) is 2.33. The molecule has 2 aliphatic rings. The Morgan fingerprint density at radius 1 is 1.06 bits per heavy atom. The fourth-order valence-electron chi connectivity index (χ4n) is 4.50. The number of carbonyl (C=O) groups excluding carboxylic acids is 1. The largest absolute Gasteiger partial charge is 0.496 e. The molecule has 33 heavy (non-hydrogen) atoms. The van der Waals surface area contributed by atoms with E-state index in [1.54, 1.807) is 12.1 Å². The number of nitrogens with one attached hydrogen (secondary N) is 1. The Morgan fingerprint density at radius 3 is 2.52 bits per heavy atom. The van der Waals surface area contributed by atoms with Crippen molar-refractivity contribution in [2.75, 3.05) is 27.3 Å². The van der Waals surface area contributed by atoms with Crippen molar-refractivity contribution in [2.24, 2.45) is 0 Å². The highest BCUT2D eigenvalue weighted by Gasteiger charge is 2.46. The van der Waals surface area contributed by atoms with Gasteiger partial charge in [-0.1, -0.05) is 0 Å². The van der Waals surface area contributed by atoms with Crippen molar-refractivity contribution in [1.29, 1.82) is 0 Å². The molecule has 0 aliphatic carbocycles. The minimum atomic E-state index is -3.82. The second kappa shape index (κ2) is 7.63. The minimum absolute atomic E-state index is 0.0363. The second-order valence-corrected chi connectivity index (χ2v) is 10.1. The van der Waals surface area contributed by atoms with E-state index in [2.05, 4.69) is 4.98 Å². The fraction of sp³-hybridized carbons (Fsp3) is 0.364. The van der Waals surface area contributed by atoms with Crippen LogP contribution in [0.2, 0.25) is 0 Å². The van der Waals surface area contributed by atoms with Crippen LogP contribution in [0.3, 0.4) is 0 Å². The van der Waals surface area contributed by atoms with E-state index in [1.165, 1.54) is 36.7 Å². The van der Waals surface area contributed by atoms with Crippen LogP contribution in [0.4, 0.5) is 0 Å². The standard InChI is InChI=1S/C22H22N2O8S/c1-29-13-9-18(30-2)20-16(25)12-22(32-19(20)10-13)5-7-24(8-6-22)33(27,28)14-3-4-15-17(11-14)31-21(26)23-15/h3-4,9-11H,5-8,12H2,1-2H3,(H,23,26). The van der Waals surface area contributed by atoms with Crippen LogP contribution >= 0.6 is 0 Å². The SMILES string of the molecule is COc1cc(OC)c2c(c1)OC1(CCN(S(=O)(=O)c3ccc4[nH]c(=O)oc4c3)CC1)CC2=O. The summed E-state index contributed by atoms with van der Waals surface area (Å²) in [7, 11) is -0.825. The summed E-state index contributed by atoms with van der Waals surface area (Å²) in [5, 5.41) is 0. The predicted molar refractivity (Wildman–Crippen MR) is 117 cm³/mol. The molecule has 3 heterocycles. The Kier molecular flexibility index (Phi) is 4.98. The first-order valence-corrected chi connectivity index (χ1v) is 11.8. The molecule has 0 amide bonds. The molecule has 0 bridgehead atoms. The van der Waals surface area contributed by atoms with Gasteiger partial charge in [-0.05, 0) is 12.1 Å². The second-order valence-electron chi connectivity index (χ2n) is 8.16. The van der Waals surface area contributed by atoms with Gasteiger partial charge in [0.05, 0.1) is 31.1 Å². The molecule has 0 radical (unpaired) electrons. The van der Waals surface area contributed by atoms with Gasteiger partial charge in [-0.15, -0.1) is 0 Å². The number of ketones is 1. The summed E-state index contributed by atoms with van der Waals surface area (Å²) in [5.74, 6) is 0.511. The molecule has 174 valence electrons. The lowest BCUT2D eigenvalue weighted by molar-refractivity contribution is 0.00538. The molecule has 11 heteroatoms. The molecule has 1 spiro atoms. The monoisotopic (exact) mass is 474 g/mol. The summed E-state index contributed by atoms with van der Waals surface area (Å²) in [6.07, 6.45) is 0.827. The van der Waals surface area contributed by atoms with E-state index in [-0.39, 0.29) is 35.8 Å². The lowest BCUT2D eigenvalue weighted by atomic mass is 9.82. The highest BCUT2D eigenvalue weighted by Crippen LogP contribution is 2.45. The first-order chi connectivity index (χ1) is 15.7. The topological polar surface area (TPSA) is 128 Å². The van der Waals surface area contributed by atoms with Crippen LogP contribution < -0.4 is 20.0 Å². The van der Waals surface area contributed by atoms with E-state index in [4.69, 9.17) is 18.6 Å². The molecule has 3 aromatic rings. The number of rotatable bonds is 4. The highest BCUT2D eigenvalue weighted by molar-refractivity contribution is 7.89. The van der Waals surface area contributed by atoms with Gasteiger partial charge in [0.2, 0.25) is 10.0 Å². The van der Waals surface area contributed by atoms with Crippen LogP contribution in [0.25, 0.3) is 11.1 Å². The molecular weight excluding hydrogens is 452 g/mol. The van der Waals surface area contributed by atoms with Crippen LogP contribution in [-0.4, -0.2) is 56.4 Å². The van der Waals surface area contributed by atoms with E-state index in [9.17, 15) is 18.0 Å². The molecule has 0 atom stereocenters. The van der Waals surface area contributed by atoms with E-state index < -0.39 is 21.4 Å². The van der Waals surface area contributed by atoms with Crippen LogP contribution in [0, 0.1) is 0 Å². The van der Waals surface area contributed by atoms with E-state index in [0.29, 0.717) is 41.2 Å². The summed E-state index contributed by atoms with van der Waals surface area (Å²) >= 11 is 0. The van der Waals surface area contributed by atoms with Crippen molar-refractivity contribution in [3.8, 4) is 17.2 Å². The van der Waals surface area contributed by atoms with Crippen molar-refractivity contribution in [3.05, 3.63) is 46.4 Å². The summed E-state index contributed by atoms with van der Waals surface area (Å²) < 4.78 is 49.7. The number of ether oxygens (including phenoxy) is 3. The lowest BCUT2D eigenvalue weighted by Gasteiger charge is -2.43. The number of carbonyl (C=O) groups is 1. The number of piperidine rings is 1. The van der Waals surface area contributed by atoms with Gasteiger partial charge in [0, 0.05) is 44.1 Å². The Bertz CT molecular complexity index is 1410. The number of aromatic amines is 1. The number of fused-ring (bicyclic) bond motifs is 2. The van der Waals surface area contributed by atoms with Crippen LogP contribution in [0.1, 0.15) is 29.6 Å². The molecule has 0 unspecified atom stereocenters. The van der Waals surface area contributed by atoms with Crippen molar-refractivity contribution < 1.29 is 31.8 Å². The molecule has 10 nitrogen and oxygen atoms in total. The number of aromatic nitrogens is 1. The molecule has 1 N–H and O–H groups in total. The van der Waals surface area contributed by atoms with E-state index >= 15 is 0 Å². The first-order valence-electron chi connectivity index (χ1n) is 10.4. The number of H-pyrrole nitrogens is 1.